The lowest BCUT2D eigenvalue weighted by Gasteiger charge is -2.18. The highest BCUT2D eigenvalue weighted by molar-refractivity contribution is 5.71. The summed E-state index contributed by atoms with van der Waals surface area (Å²) in [5.41, 5.74) is 0. The lowest BCUT2D eigenvalue weighted by Crippen LogP contribution is -2.30. The molecule has 0 rings (SSSR count). The van der Waals surface area contributed by atoms with Gasteiger partial charge in [0, 0.05) is 19.3 Å². The van der Waals surface area contributed by atoms with Gasteiger partial charge in [0.15, 0.2) is 6.10 Å². The topological polar surface area (TPSA) is 78.9 Å². The first-order chi connectivity index (χ1) is 34.0. The first kappa shape index (κ1) is 66.6. The van der Waals surface area contributed by atoms with Crippen molar-refractivity contribution in [1.82, 2.24) is 0 Å². The maximum atomic E-state index is 12.9. The molecule has 0 aromatic rings. The summed E-state index contributed by atoms with van der Waals surface area (Å²) in [6.07, 6.45) is 69.9. The fourth-order valence-electron chi connectivity index (χ4n) is 9.02. The van der Waals surface area contributed by atoms with Gasteiger partial charge in [-0.05, 0) is 70.6 Å². The maximum Gasteiger partial charge on any atom is 0.306 e. The molecule has 0 aliphatic carbocycles. The fraction of sp³-hybridized carbons (Fsp3) is 0.857. The van der Waals surface area contributed by atoms with E-state index in [1.807, 2.05) is 0 Å². The average Bonchev–Trinajstić information content (AvgIpc) is 3.35. The number of unbranched alkanes of at least 4 members (excludes halogenated alkanes) is 40. The molecule has 1 unspecified atom stereocenters. The first-order valence-corrected chi connectivity index (χ1v) is 30.5. The van der Waals surface area contributed by atoms with E-state index in [1.54, 1.807) is 0 Å². The molecule has 0 bridgehead atoms. The van der Waals surface area contributed by atoms with Gasteiger partial charge >= 0.3 is 17.9 Å². The Labute approximate surface area is 429 Å². The molecular formula is C63H116O6. The Kier molecular flexibility index (Phi) is 56.2. The SMILES string of the molecule is CCCCCCCCC/C=C\C=C/CCCCCCCC(=O)OCC(COC(=O)CCCCCCC/C=C\CCCCCCCCC)OC(=O)CCCCCCCCCCCCCCCCCCC. The summed E-state index contributed by atoms with van der Waals surface area (Å²) in [4.78, 5) is 38.2. The van der Waals surface area contributed by atoms with Gasteiger partial charge in [0.1, 0.15) is 13.2 Å². The van der Waals surface area contributed by atoms with Gasteiger partial charge in [-0.3, -0.25) is 14.4 Å². The number of esters is 3. The lowest BCUT2D eigenvalue weighted by molar-refractivity contribution is -0.167. The molecule has 6 heteroatoms. The van der Waals surface area contributed by atoms with Crippen molar-refractivity contribution in [2.45, 2.75) is 335 Å². The van der Waals surface area contributed by atoms with E-state index in [1.165, 1.54) is 205 Å². The van der Waals surface area contributed by atoms with Crippen LogP contribution in [0.4, 0.5) is 0 Å². The molecule has 0 N–H and O–H groups in total. The summed E-state index contributed by atoms with van der Waals surface area (Å²) in [5.74, 6) is -0.880. The summed E-state index contributed by atoms with van der Waals surface area (Å²) in [6.45, 7) is 6.66. The van der Waals surface area contributed by atoms with E-state index < -0.39 is 6.10 Å². The van der Waals surface area contributed by atoms with Gasteiger partial charge in [-0.2, -0.15) is 0 Å². The minimum atomic E-state index is -0.779. The lowest BCUT2D eigenvalue weighted by atomic mass is 10.0. The van der Waals surface area contributed by atoms with Gasteiger partial charge in [-0.15, -0.1) is 0 Å². The Morgan fingerprint density at radius 3 is 0.812 bits per heavy atom. The van der Waals surface area contributed by atoms with Gasteiger partial charge in [0.2, 0.25) is 0 Å². The molecule has 0 aliphatic heterocycles. The summed E-state index contributed by atoms with van der Waals surface area (Å²) in [5, 5.41) is 0. The van der Waals surface area contributed by atoms with Crippen molar-refractivity contribution in [3.8, 4) is 0 Å². The van der Waals surface area contributed by atoms with E-state index in [2.05, 4.69) is 57.2 Å². The Balaban J connectivity index is 4.37. The maximum absolute atomic E-state index is 12.9. The van der Waals surface area contributed by atoms with Crippen LogP contribution in [0, 0.1) is 0 Å². The number of carbonyl (C=O) groups excluding carboxylic acids is 3. The van der Waals surface area contributed by atoms with Crippen molar-refractivity contribution in [3.63, 3.8) is 0 Å². The normalized spacial score (nSPS) is 12.2. The van der Waals surface area contributed by atoms with Crippen LogP contribution in [0.1, 0.15) is 329 Å². The molecule has 0 spiro atoms. The molecule has 0 amide bonds. The largest absolute Gasteiger partial charge is 0.462 e. The molecule has 0 saturated carbocycles. The Hall–Kier alpha value is -2.37. The zero-order valence-corrected chi connectivity index (χ0v) is 46.3. The van der Waals surface area contributed by atoms with Crippen LogP contribution >= 0.6 is 0 Å². The molecule has 0 aromatic heterocycles. The van der Waals surface area contributed by atoms with Crippen molar-refractivity contribution < 1.29 is 28.6 Å². The smallest absolute Gasteiger partial charge is 0.306 e. The van der Waals surface area contributed by atoms with E-state index in [-0.39, 0.29) is 31.1 Å². The van der Waals surface area contributed by atoms with Crippen LogP contribution in [0.15, 0.2) is 36.5 Å². The third-order valence-electron chi connectivity index (χ3n) is 13.6. The van der Waals surface area contributed by atoms with E-state index in [0.29, 0.717) is 19.3 Å². The number of ether oxygens (including phenoxy) is 3. The molecule has 6 nitrogen and oxygen atoms in total. The van der Waals surface area contributed by atoms with Crippen molar-refractivity contribution in [1.29, 1.82) is 0 Å². The zero-order valence-electron chi connectivity index (χ0n) is 46.3. The average molecular weight is 970 g/mol. The van der Waals surface area contributed by atoms with E-state index >= 15 is 0 Å². The van der Waals surface area contributed by atoms with E-state index in [4.69, 9.17) is 14.2 Å². The number of hydrogen-bond donors (Lipinski definition) is 0. The highest BCUT2D eigenvalue weighted by atomic mass is 16.6. The van der Waals surface area contributed by atoms with Crippen molar-refractivity contribution in [2.75, 3.05) is 13.2 Å². The Bertz CT molecular complexity index is 1160. The number of allylic oxidation sites excluding steroid dienone is 6. The van der Waals surface area contributed by atoms with Gasteiger partial charge in [0.25, 0.3) is 0 Å². The molecule has 404 valence electrons. The summed E-state index contributed by atoms with van der Waals surface area (Å²) in [7, 11) is 0. The van der Waals surface area contributed by atoms with Crippen molar-refractivity contribution >= 4 is 17.9 Å². The number of hydrogen-bond acceptors (Lipinski definition) is 6. The minimum Gasteiger partial charge on any atom is -0.462 e. The minimum absolute atomic E-state index is 0.0779. The molecule has 0 radical (unpaired) electrons. The van der Waals surface area contributed by atoms with Crippen molar-refractivity contribution in [2.24, 2.45) is 0 Å². The molecule has 0 saturated heterocycles. The second-order valence-corrected chi connectivity index (χ2v) is 20.6. The molecule has 0 heterocycles. The Morgan fingerprint density at radius 2 is 0.522 bits per heavy atom. The standard InChI is InChI=1S/C63H116O6/c1-4-7-10-13-16-19-22-25-28-31-33-35-38-41-44-47-50-53-56-62(65)68-59-60(58-67-61(64)55-52-49-46-43-40-37-34-30-27-24-21-18-15-12-9-6-3)69-63(66)57-54-51-48-45-42-39-36-32-29-26-23-20-17-14-11-8-5-2/h28,30-31,33-35,60H,4-27,29,32,36-59H2,1-3H3/b31-28-,34-30-,35-33-. The number of rotatable bonds is 56. The van der Waals surface area contributed by atoms with E-state index in [9.17, 15) is 14.4 Å². The highest BCUT2D eigenvalue weighted by Crippen LogP contribution is 2.17. The highest BCUT2D eigenvalue weighted by Gasteiger charge is 2.19. The van der Waals surface area contributed by atoms with Crippen LogP contribution in [0.5, 0.6) is 0 Å². The number of carbonyl (C=O) groups is 3. The molecular weight excluding hydrogens is 853 g/mol. The second kappa shape index (κ2) is 58.2. The molecule has 0 aromatic carbocycles. The predicted octanol–water partition coefficient (Wildman–Crippen LogP) is 20.4. The van der Waals surface area contributed by atoms with Crippen LogP contribution in [0.3, 0.4) is 0 Å². The first-order valence-electron chi connectivity index (χ1n) is 30.5. The van der Waals surface area contributed by atoms with Crippen molar-refractivity contribution in [3.05, 3.63) is 36.5 Å². The fourth-order valence-corrected chi connectivity index (χ4v) is 9.02. The van der Waals surface area contributed by atoms with Crippen LogP contribution in [0.2, 0.25) is 0 Å². The van der Waals surface area contributed by atoms with Gasteiger partial charge in [-0.1, -0.05) is 276 Å². The predicted molar refractivity (Wildman–Crippen MR) is 298 cm³/mol. The van der Waals surface area contributed by atoms with Gasteiger partial charge in [0.05, 0.1) is 0 Å². The molecule has 69 heavy (non-hydrogen) atoms. The Morgan fingerprint density at radius 1 is 0.290 bits per heavy atom. The summed E-state index contributed by atoms with van der Waals surface area (Å²) < 4.78 is 16.9. The van der Waals surface area contributed by atoms with Crippen LogP contribution < -0.4 is 0 Å². The quantitative estimate of drug-likeness (QED) is 0.0199. The second-order valence-electron chi connectivity index (χ2n) is 20.6. The molecule has 1 atom stereocenters. The van der Waals surface area contributed by atoms with Crippen LogP contribution in [0.25, 0.3) is 0 Å². The monoisotopic (exact) mass is 969 g/mol. The van der Waals surface area contributed by atoms with Crippen LogP contribution in [-0.4, -0.2) is 37.2 Å². The summed E-state index contributed by atoms with van der Waals surface area (Å²) in [6, 6.07) is 0. The summed E-state index contributed by atoms with van der Waals surface area (Å²) >= 11 is 0. The third-order valence-corrected chi connectivity index (χ3v) is 13.6. The van der Waals surface area contributed by atoms with E-state index in [0.717, 1.165) is 83.5 Å². The third kappa shape index (κ3) is 56.4. The van der Waals surface area contributed by atoms with Crippen LogP contribution in [-0.2, 0) is 28.6 Å². The van der Waals surface area contributed by atoms with Gasteiger partial charge in [-0.25, -0.2) is 0 Å². The molecule has 0 aliphatic rings. The molecule has 0 fully saturated rings. The zero-order chi connectivity index (χ0) is 50.0. The van der Waals surface area contributed by atoms with Gasteiger partial charge < -0.3 is 14.2 Å².